The van der Waals surface area contributed by atoms with Crippen molar-refractivity contribution >= 4 is 35.7 Å². The van der Waals surface area contributed by atoms with Crippen LogP contribution in [-0.4, -0.2) is 64.7 Å². The summed E-state index contributed by atoms with van der Waals surface area (Å²) in [4.78, 5) is 33.7. The number of allylic oxidation sites excluding steroid dienone is 1. The largest absolute Gasteiger partial charge is 0.480 e. The number of guanidine groups is 1. The zero-order valence-corrected chi connectivity index (χ0v) is 24.2. The van der Waals surface area contributed by atoms with Gasteiger partial charge in [-0.3, -0.25) is 4.79 Å². The number of aliphatic imine (C=N–C) groups is 2. The van der Waals surface area contributed by atoms with Gasteiger partial charge in [0.05, 0.1) is 18.3 Å². The molecule has 0 aromatic carbocycles. The third-order valence-electron chi connectivity index (χ3n) is 10.3. The number of rotatable bonds is 4. The summed E-state index contributed by atoms with van der Waals surface area (Å²) in [5, 5.41) is 32.3. The van der Waals surface area contributed by atoms with E-state index in [9.17, 15) is 20.1 Å². The number of hydrogen-bond acceptors (Lipinski definition) is 10. The van der Waals surface area contributed by atoms with E-state index in [-0.39, 0.29) is 47.4 Å². The van der Waals surface area contributed by atoms with E-state index in [4.69, 9.17) is 15.1 Å². The van der Waals surface area contributed by atoms with Gasteiger partial charge in [-0.2, -0.15) is 9.98 Å². The van der Waals surface area contributed by atoms with E-state index in [1.165, 1.54) is 0 Å². The molecule has 0 spiro atoms. The van der Waals surface area contributed by atoms with Crippen molar-refractivity contribution in [1.29, 1.82) is 0 Å². The van der Waals surface area contributed by atoms with Gasteiger partial charge in [0, 0.05) is 49.1 Å². The van der Waals surface area contributed by atoms with Crippen molar-refractivity contribution in [3.63, 3.8) is 0 Å². The number of imidazole rings is 2. The van der Waals surface area contributed by atoms with Crippen LogP contribution in [-0.2, 0) is 13.6 Å². The molecule has 2 aliphatic heterocycles. The molecule has 1 amide bonds. The van der Waals surface area contributed by atoms with Crippen LogP contribution in [0.2, 0.25) is 0 Å². The molecule has 6 atom stereocenters. The van der Waals surface area contributed by atoms with Gasteiger partial charge in [0.25, 0.3) is 5.95 Å². The number of fused-ring (bicyclic) bond motifs is 4. The molecule has 5 N–H and O–H groups in total. The van der Waals surface area contributed by atoms with Crippen molar-refractivity contribution in [2.24, 2.45) is 56.3 Å². The number of aliphatic hydroxyl groups is 2. The van der Waals surface area contributed by atoms with Gasteiger partial charge in [0.15, 0.2) is 11.2 Å². The Hall–Kier alpha value is -4.36. The molecular weight excluding hydrogens is 552 g/mol. The molecular formula is C30H34N8O5. The van der Waals surface area contributed by atoms with Crippen molar-refractivity contribution in [1.82, 2.24) is 19.1 Å². The lowest BCUT2D eigenvalue weighted by molar-refractivity contribution is -0.147. The highest BCUT2D eigenvalue weighted by Crippen LogP contribution is 2.61. The molecule has 3 aromatic heterocycles. The van der Waals surface area contributed by atoms with Crippen LogP contribution in [0, 0.1) is 28.6 Å². The molecule has 2 fully saturated rings. The number of carbonyl (C=O) groups excluding carboxylic acids is 1. The number of carbonyl (C=O) groups is 1. The summed E-state index contributed by atoms with van der Waals surface area (Å²) in [7, 11) is 1.70. The van der Waals surface area contributed by atoms with Crippen LogP contribution in [0.5, 0.6) is 5.95 Å². The van der Waals surface area contributed by atoms with E-state index in [2.05, 4.69) is 37.5 Å². The molecule has 4 aliphatic rings. The maximum Gasteiger partial charge on any atom is 0.302 e. The van der Waals surface area contributed by atoms with Crippen LogP contribution in [0.3, 0.4) is 0 Å². The summed E-state index contributed by atoms with van der Waals surface area (Å²) in [5.41, 5.74) is 7.03. The number of amides is 1. The van der Waals surface area contributed by atoms with Gasteiger partial charge in [0.2, 0.25) is 11.9 Å². The lowest BCUT2D eigenvalue weighted by atomic mass is 9.45. The Morgan fingerprint density at radius 2 is 2.07 bits per heavy atom. The molecule has 0 bridgehead atoms. The Kier molecular flexibility index (Phi) is 6.12. The first kappa shape index (κ1) is 27.5. The minimum Gasteiger partial charge on any atom is -0.480 e. The number of aromatic hydroxyl groups is 1. The zero-order chi connectivity index (χ0) is 30.3. The summed E-state index contributed by atoms with van der Waals surface area (Å²) in [6, 6.07) is 1.71. The van der Waals surface area contributed by atoms with Crippen molar-refractivity contribution < 1.29 is 24.5 Å². The second-order valence-corrected chi connectivity index (χ2v) is 12.6. The molecule has 3 unspecified atom stereocenters. The molecule has 0 radical (unpaired) electrons. The Bertz CT molecular complexity index is 1860. The van der Waals surface area contributed by atoms with Crippen molar-refractivity contribution in [3.05, 3.63) is 52.5 Å². The van der Waals surface area contributed by atoms with E-state index < -0.39 is 17.4 Å². The smallest absolute Gasteiger partial charge is 0.302 e. The molecule has 7 rings (SSSR count). The third-order valence-corrected chi connectivity index (χ3v) is 10.3. The molecule has 5 heterocycles. The SMILES string of the molecule is Cn1c(=Cc2cc(/C=C/C3C4Cn5ccnc5N=C4CC4[C@]3(C)CC[C@@H](O)[C@@]4(C)CO)c(O)o2)nc2c1=NC(N)=NC2=O. The fraction of sp³-hybridized carbons (Fsp3) is 0.467. The predicted molar refractivity (Wildman–Crippen MR) is 156 cm³/mol. The maximum absolute atomic E-state index is 12.2. The molecule has 43 heavy (non-hydrogen) atoms. The van der Waals surface area contributed by atoms with Gasteiger partial charge in [-0.15, -0.1) is 0 Å². The predicted octanol–water partition coefficient (Wildman–Crippen LogP) is 1.04. The van der Waals surface area contributed by atoms with E-state index in [0.29, 0.717) is 41.1 Å². The van der Waals surface area contributed by atoms with Crippen LogP contribution in [0.1, 0.15) is 54.9 Å². The Balaban J connectivity index is 1.26. The van der Waals surface area contributed by atoms with E-state index in [0.717, 1.165) is 18.7 Å². The lowest BCUT2D eigenvalue weighted by Crippen LogP contribution is -2.60. The molecule has 224 valence electrons. The second-order valence-electron chi connectivity index (χ2n) is 12.6. The van der Waals surface area contributed by atoms with Crippen molar-refractivity contribution in [2.75, 3.05) is 6.61 Å². The summed E-state index contributed by atoms with van der Waals surface area (Å²) in [5.74, 6) is 0.149. The first-order chi connectivity index (χ1) is 20.5. The highest BCUT2D eigenvalue weighted by Gasteiger charge is 2.60. The Morgan fingerprint density at radius 1 is 1.26 bits per heavy atom. The van der Waals surface area contributed by atoms with Crippen LogP contribution in [0.25, 0.3) is 12.2 Å². The van der Waals surface area contributed by atoms with Gasteiger partial charge >= 0.3 is 5.91 Å². The third kappa shape index (κ3) is 4.13. The van der Waals surface area contributed by atoms with Crippen LogP contribution in [0.4, 0.5) is 5.95 Å². The maximum atomic E-state index is 12.2. The number of furan rings is 1. The van der Waals surface area contributed by atoms with E-state index in [1.54, 1.807) is 30.0 Å². The topological polar surface area (TPSA) is 190 Å². The van der Waals surface area contributed by atoms with Crippen molar-refractivity contribution in [3.8, 4) is 5.95 Å². The van der Waals surface area contributed by atoms with Crippen LogP contribution < -0.4 is 16.7 Å². The number of nitrogens with two attached hydrogens (primary N) is 1. The van der Waals surface area contributed by atoms with Gasteiger partial charge in [0.1, 0.15) is 11.2 Å². The minimum absolute atomic E-state index is 0.00000218. The molecule has 0 saturated heterocycles. The minimum atomic E-state index is -0.677. The molecule has 3 aromatic rings. The highest BCUT2D eigenvalue weighted by atomic mass is 16.5. The summed E-state index contributed by atoms with van der Waals surface area (Å²) in [6.45, 7) is 4.84. The number of aromatic nitrogens is 4. The Labute approximate surface area is 246 Å². The van der Waals surface area contributed by atoms with E-state index in [1.807, 2.05) is 19.2 Å². The summed E-state index contributed by atoms with van der Waals surface area (Å²) in [6.07, 6.45) is 10.7. The fourth-order valence-electron chi connectivity index (χ4n) is 7.78. The average Bonchev–Trinajstić information content (AvgIpc) is 3.66. The number of aliphatic hydroxyl groups excluding tert-OH is 2. The average molecular weight is 587 g/mol. The van der Waals surface area contributed by atoms with Gasteiger partial charge in [-0.05, 0) is 42.6 Å². The van der Waals surface area contributed by atoms with E-state index >= 15 is 0 Å². The van der Waals surface area contributed by atoms with Crippen molar-refractivity contribution in [2.45, 2.75) is 45.8 Å². The normalized spacial score (nSPS) is 32.0. The summed E-state index contributed by atoms with van der Waals surface area (Å²) >= 11 is 0. The molecule has 13 heteroatoms. The lowest BCUT2D eigenvalue weighted by Gasteiger charge is -2.61. The van der Waals surface area contributed by atoms with Gasteiger partial charge in [-0.1, -0.05) is 26.0 Å². The fourth-order valence-corrected chi connectivity index (χ4v) is 7.78. The standard InChI is InChI=1S/C30H34N8O5/c1-29-7-6-21(40)30(2,14-39)20(29)12-19-17(13-38-9-8-32-28(38)33-19)18(29)5-4-15-10-16(43-26(15)42)11-22-34-23-24(37(22)3)35-27(31)36-25(23)41/h4-5,8-11,17-18,20-21,39-40,42H,6-7,12-14H2,1-3H3,(H2,31,36,41)/b5-4+,22-11?/t17?,18?,20?,21-,29-,30+/m1/s1. The van der Waals surface area contributed by atoms with Gasteiger partial charge < -0.3 is 34.6 Å². The highest BCUT2D eigenvalue weighted by molar-refractivity contribution is 6.03. The first-order valence-electron chi connectivity index (χ1n) is 14.4. The molecule has 2 aliphatic carbocycles. The van der Waals surface area contributed by atoms with Gasteiger partial charge in [-0.25, -0.2) is 15.0 Å². The monoisotopic (exact) mass is 586 g/mol. The van der Waals surface area contributed by atoms with Crippen LogP contribution in [0.15, 0.2) is 43.9 Å². The quantitative estimate of drug-likeness (QED) is 0.349. The number of nitrogens with zero attached hydrogens (tertiary/aromatic N) is 7. The second kappa shape index (κ2) is 9.58. The zero-order valence-electron chi connectivity index (χ0n) is 24.2. The molecule has 13 nitrogen and oxygen atoms in total. The molecule has 2 saturated carbocycles. The number of hydrogen-bond donors (Lipinski definition) is 4. The Morgan fingerprint density at radius 3 is 2.86 bits per heavy atom. The summed E-state index contributed by atoms with van der Waals surface area (Å²) < 4.78 is 9.33. The first-order valence-corrected chi connectivity index (χ1v) is 14.4. The van der Waals surface area contributed by atoms with Crippen LogP contribution >= 0.6 is 0 Å².